The molecule has 0 aliphatic carbocycles. The van der Waals surface area contributed by atoms with Crippen LogP contribution in [0.5, 0.6) is 0 Å². The zero-order valence-corrected chi connectivity index (χ0v) is 20.4. The number of nitrogens with one attached hydrogen (secondary N) is 1. The third-order valence-electron chi connectivity index (χ3n) is 6.01. The molecule has 35 heavy (non-hydrogen) atoms. The fourth-order valence-electron chi connectivity index (χ4n) is 4.34. The third-order valence-corrected chi connectivity index (χ3v) is 9.34. The Kier molecular flexibility index (Phi) is 6.19. The van der Waals surface area contributed by atoms with E-state index in [0.29, 0.717) is 12.1 Å². The van der Waals surface area contributed by atoms with Gasteiger partial charge >= 0.3 is 0 Å². The fourth-order valence-corrected chi connectivity index (χ4v) is 7.16. The van der Waals surface area contributed by atoms with Crippen molar-refractivity contribution in [2.24, 2.45) is 0 Å². The predicted molar refractivity (Wildman–Crippen MR) is 137 cm³/mol. The van der Waals surface area contributed by atoms with Crippen LogP contribution in [0.25, 0.3) is 11.1 Å². The zero-order chi connectivity index (χ0) is 24.5. The largest absolute Gasteiger partial charge is 0.264 e. The maximum atomic E-state index is 13.6. The Morgan fingerprint density at radius 2 is 1.23 bits per heavy atom. The van der Waals surface area contributed by atoms with Crippen LogP contribution in [0.4, 0.5) is 5.69 Å². The summed E-state index contributed by atoms with van der Waals surface area (Å²) < 4.78 is 57.4. The molecule has 0 saturated carbocycles. The van der Waals surface area contributed by atoms with Gasteiger partial charge in [-0.2, -0.15) is 0 Å². The minimum Gasteiger partial charge on any atom is -0.264 e. The fraction of sp³-hybridized carbons (Fsp3) is 0.111. The van der Waals surface area contributed by atoms with Crippen molar-refractivity contribution in [1.82, 2.24) is 4.72 Å². The maximum Gasteiger partial charge on any atom is 0.264 e. The highest BCUT2D eigenvalue weighted by Gasteiger charge is 2.35. The first-order valence-electron chi connectivity index (χ1n) is 11.2. The summed E-state index contributed by atoms with van der Waals surface area (Å²) in [6, 6.07) is 31.1. The lowest BCUT2D eigenvalue weighted by atomic mass is 9.95. The molecule has 8 heteroatoms. The van der Waals surface area contributed by atoms with Gasteiger partial charge in [-0.1, -0.05) is 72.8 Å². The van der Waals surface area contributed by atoms with Crippen molar-refractivity contribution in [2.75, 3.05) is 10.8 Å². The van der Waals surface area contributed by atoms with Gasteiger partial charge in [-0.05, 0) is 59.5 Å². The molecule has 0 aromatic heterocycles. The van der Waals surface area contributed by atoms with Crippen LogP contribution in [-0.4, -0.2) is 29.4 Å². The van der Waals surface area contributed by atoms with Gasteiger partial charge in [-0.15, -0.1) is 0 Å². The molecule has 0 amide bonds. The molecule has 4 aromatic rings. The summed E-state index contributed by atoms with van der Waals surface area (Å²) in [4.78, 5) is 0.297. The topological polar surface area (TPSA) is 83.6 Å². The smallest absolute Gasteiger partial charge is 0.264 e. The highest BCUT2D eigenvalue weighted by atomic mass is 32.2. The molecule has 1 heterocycles. The zero-order valence-electron chi connectivity index (χ0n) is 18.8. The Balaban J connectivity index is 1.57. The minimum atomic E-state index is -3.91. The summed E-state index contributed by atoms with van der Waals surface area (Å²) >= 11 is 0. The molecule has 0 fully saturated rings. The van der Waals surface area contributed by atoms with Gasteiger partial charge in [0.25, 0.3) is 10.0 Å². The molecule has 1 unspecified atom stereocenters. The van der Waals surface area contributed by atoms with Crippen molar-refractivity contribution in [3.05, 3.63) is 115 Å². The van der Waals surface area contributed by atoms with Crippen molar-refractivity contribution < 1.29 is 16.8 Å². The lowest BCUT2D eigenvalue weighted by Gasteiger charge is -2.35. The van der Waals surface area contributed by atoms with E-state index in [0.717, 1.165) is 16.7 Å². The molecule has 0 bridgehead atoms. The van der Waals surface area contributed by atoms with Gasteiger partial charge in [0.1, 0.15) is 0 Å². The third kappa shape index (κ3) is 4.73. The van der Waals surface area contributed by atoms with Crippen LogP contribution in [0.2, 0.25) is 0 Å². The number of benzene rings is 4. The van der Waals surface area contributed by atoms with Gasteiger partial charge in [0.15, 0.2) is 0 Å². The van der Waals surface area contributed by atoms with E-state index < -0.39 is 26.1 Å². The Hall–Kier alpha value is -3.46. The second-order valence-electron chi connectivity index (χ2n) is 8.39. The van der Waals surface area contributed by atoms with Gasteiger partial charge in [0.2, 0.25) is 10.0 Å². The van der Waals surface area contributed by atoms with E-state index in [4.69, 9.17) is 0 Å². The summed E-state index contributed by atoms with van der Waals surface area (Å²) in [5, 5.41) is 0. The van der Waals surface area contributed by atoms with E-state index in [1.54, 1.807) is 54.6 Å². The minimum absolute atomic E-state index is 0.0129. The van der Waals surface area contributed by atoms with E-state index in [-0.39, 0.29) is 16.3 Å². The van der Waals surface area contributed by atoms with Crippen LogP contribution in [0.1, 0.15) is 5.56 Å². The molecule has 1 N–H and O–H groups in total. The summed E-state index contributed by atoms with van der Waals surface area (Å²) in [7, 11) is -7.74. The molecule has 178 valence electrons. The Bertz CT molecular complexity index is 1540. The van der Waals surface area contributed by atoms with E-state index in [1.807, 2.05) is 42.5 Å². The Morgan fingerprint density at radius 1 is 0.657 bits per heavy atom. The van der Waals surface area contributed by atoms with E-state index in [2.05, 4.69) is 4.72 Å². The quantitative estimate of drug-likeness (QED) is 0.421. The molecule has 0 spiro atoms. The first-order valence-corrected chi connectivity index (χ1v) is 14.1. The summed E-state index contributed by atoms with van der Waals surface area (Å²) in [5.41, 5.74) is 3.26. The van der Waals surface area contributed by atoms with E-state index in [1.165, 1.54) is 16.4 Å². The molecule has 6 nitrogen and oxygen atoms in total. The van der Waals surface area contributed by atoms with Crippen LogP contribution >= 0.6 is 0 Å². The van der Waals surface area contributed by atoms with Crippen molar-refractivity contribution in [3.63, 3.8) is 0 Å². The first kappa shape index (κ1) is 23.3. The number of rotatable bonds is 6. The van der Waals surface area contributed by atoms with Gasteiger partial charge in [0, 0.05) is 6.04 Å². The van der Waals surface area contributed by atoms with Crippen LogP contribution in [0.3, 0.4) is 0 Å². The van der Waals surface area contributed by atoms with Crippen molar-refractivity contribution in [2.45, 2.75) is 22.3 Å². The van der Waals surface area contributed by atoms with Crippen LogP contribution in [0.15, 0.2) is 119 Å². The molecular weight excluding hydrogens is 480 g/mol. The van der Waals surface area contributed by atoms with Crippen LogP contribution in [-0.2, 0) is 26.5 Å². The number of sulfonamides is 2. The predicted octanol–water partition coefficient (Wildman–Crippen LogP) is 4.45. The molecule has 1 atom stereocenters. The van der Waals surface area contributed by atoms with Crippen LogP contribution < -0.4 is 9.03 Å². The lowest BCUT2D eigenvalue weighted by molar-refractivity contribution is 0.532. The number of fused-ring (bicyclic) bond motifs is 1. The van der Waals surface area contributed by atoms with Crippen molar-refractivity contribution >= 4 is 25.7 Å². The number of nitrogens with zero attached hydrogens (tertiary/aromatic N) is 1. The highest BCUT2D eigenvalue weighted by molar-refractivity contribution is 7.92. The lowest BCUT2D eigenvalue weighted by Crippen LogP contribution is -2.50. The van der Waals surface area contributed by atoms with Crippen molar-refractivity contribution in [1.29, 1.82) is 0 Å². The maximum absolute atomic E-state index is 13.6. The molecule has 1 aliphatic heterocycles. The second-order valence-corrected chi connectivity index (χ2v) is 12.0. The number of anilines is 1. The normalized spacial score (nSPS) is 16.0. The van der Waals surface area contributed by atoms with Crippen LogP contribution in [0, 0.1) is 0 Å². The summed E-state index contributed by atoms with van der Waals surface area (Å²) in [6.45, 7) is -0.0129. The standard InChI is InChI=1S/C27H24N2O4S2/c30-34(31,25-12-6-2-7-13-25)28-24-19-23-18-22(21-10-4-1-5-11-21)16-17-27(23)29(20-24)35(32,33)26-14-8-3-9-15-26/h1-18,24,28H,19-20H2. The van der Waals surface area contributed by atoms with E-state index in [9.17, 15) is 16.8 Å². The Labute approximate surface area is 206 Å². The van der Waals surface area contributed by atoms with E-state index >= 15 is 0 Å². The molecule has 1 aliphatic rings. The van der Waals surface area contributed by atoms with Gasteiger partial charge in [0.05, 0.1) is 22.0 Å². The highest BCUT2D eigenvalue weighted by Crippen LogP contribution is 2.35. The van der Waals surface area contributed by atoms with Gasteiger partial charge in [-0.3, -0.25) is 4.31 Å². The first-order chi connectivity index (χ1) is 16.8. The molecule has 5 rings (SSSR count). The number of hydrogen-bond acceptors (Lipinski definition) is 4. The summed E-state index contributed by atoms with van der Waals surface area (Å²) in [6.07, 6.45) is 0.364. The average Bonchev–Trinajstić information content (AvgIpc) is 2.89. The summed E-state index contributed by atoms with van der Waals surface area (Å²) in [5.74, 6) is 0. The number of hydrogen-bond donors (Lipinski definition) is 1. The molecule has 4 aromatic carbocycles. The molecule has 0 radical (unpaired) electrons. The average molecular weight is 505 g/mol. The second kappa shape index (κ2) is 9.30. The Morgan fingerprint density at radius 3 is 1.86 bits per heavy atom. The van der Waals surface area contributed by atoms with Gasteiger partial charge < -0.3 is 0 Å². The monoisotopic (exact) mass is 504 g/mol. The SMILES string of the molecule is O=S(=O)(NC1Cc2cc(-c3ccccc3)ccc2N(S(=O)(=O)c2ccccc2)C1)c1ccccc1. The molecule has 0 saturated heterocycles. The van der Waals surface area contributed by atoms with Crippen molar-refractivity contribution in [3.8, 4) is 11.1 Å². The molecular formula is C27H24N2O4S2. The van der Waals surface area contributed by atoms with Gasteiger partial charge in [-0.25, -0.2) is 21.6 Å².